The van der Waals surface area contributed by atoms with Gasteiger partial charge in [0.25, 0.3) is 0 Å². The molecule has 0 unspecified atom stereocenters. The van der Waals surface area contributed by atoms with Crippen LogP contribution in [-0.2, 0) is 0 Å². The molecule has 3 heteroatoms. The summed E-state index contributed by atoms with van der Waals surface area (Å²) in [6, 6.07) is 0.640. The summed E-state index contributed by atoms with van der Waals surface area (Å²) in [5.74, 6) is 0. The van der Waals surface area contributed by atoms with E-state index in [4.69, 9.17) is 12.2 Å². The van der Waals surface area contributed by atoms with Crippen molar-refractivity contribution in [3.63, 3.8) is 0 Å². The number of nitrogens with one attached hydrogen (secondary N) is 2. The molecule has 0 radical (unpaired) electrons. The molecular weight excluding hydrogens is 192 g/mol. The monoisotopic (exact) mass is 214 g/mol. The molecule has 82 valence electrons. The third-order valence-electron chi connectivity index (χ3n) is 2.76. The van der Waals surface area contributed by atoms with Crippen molar-refractivity contribution in [2.75, 3.05) is 6.54 Å². The van der Waals surface area contributed by atoms with E-state index in [9.17, 15) is 0 Å². The highest BCUT2D eigenvalue weighted by molar-refractivity contribution is 7.80. The summed E-state index contributed by atoms with van der Waals surface area (Å²) in [5, 5.41) is 7.50. The fourth-order valence-corrected chi connectivity index (χ4v) is 2.15. The van der Waals surface area contributed by atoms with Gasteiger partial charge in [0.15, 0.2) is 5.11 Å². The highest BCUT2D eigenvalue weighted by atomic mass is 32.1. The highest BCUT2D eigenvalue weighted by Gasteiger charge is 2.14. The zero-order valence-electron chi connectivity index (χ0n) is 9.14. The Bertz CT molecular complexity index is 165. The summed E-state index contributed by atoms with van der Waals surface area (Å²) in [6.07, 6.45) is 9.08. The van der Waals surface area contributed by atoms with Crippen molar-refractivity contribution >= 4 is 17.3 Å². The van der Waals surface area contributed by atoms with Crippen LogP contribution in [0.15, 0.2) is 0 Å². The molecule has 0 saturated heterocycles. The van der Waals surface area contributed by atoms with Gasteiger partial charge in [-0.15, -0.1) is 0 Å². The maximum Gasteiger partial charge on any atom is 0.166 e. The Hall–Kier alpha value is -0.310. The van der Waals surface area contributed by atoms with Crippen molar-refractivity contribution in [3.05, 3.63) is 0 Å². The SMILES string of the molecule is CCCCCNC(=S)NC1CCCC1. The van der Waals surface area contributed by atoms with Crippen LogP contribution in [0.3, 0.4) is 0 Å². The van der Waals surface area contributed by atoms with Gasteiger partial charge in [0.05, 0.1) is 0 Å². The van der Waals surface area contributed by atoms with E-state index in [0.717, 1.165) is 11.7 Å². The molecule has 14 heavy (non-hydrogen) atoms. The quantitative estimate of drug-likeness (QED) is 0.543. The summed E-state index contributed by atoms with van der Waals surface area (Å²) in [6.45, 7) is 3.24. The lowest BCUT2D eigenvalue weighted by atomic mass is 10.2. The summed E-state index contributed by atoms with van der Waals surface area (Å²) in [5.41, 5.74) is 0. The standard InChI is InChI=1S/C11H22N2S/c1-2-3-6-9-12-11(14)13-10-7-4-5-8-10/h10H,2-9H2,1H3,(H2,12,13,14). The van der Waals surface area contributed by atoms with Crippen molar-refractivity contribution in [1.29, 1.82) is 0 Å². The lowest BCUT2D eigenvalue weighted by molar-refractivity contribution is 0.614. The van der Waals surface area contributed by atoms with Crippen molar-refractivity contribution in [3.8, 4) is 0 Å². The number of rotatable bonds is 5. The molecule has 2 nitrogen and oxygen atoms in total. The average Bonchev–Trinajstić information content (AvgIpc) is 2.65. The minimum Gasteiger partial charge on any atom is -0.363 e. The molecule has 0 atom stereocenters. The minimum atomic E-state index is 0.640. The van der Waals surface area contributed by atoms with Gasteiger partial charge in [0.2, 0.25) is 0 Å². The van der Waals surface area contributed by atoms with E-state index in [2.05, 4.69) is 17.6 Å². The summed E-state index contributed by atoms with van der Waals surface area (Å²) < 4.78 is 0. The first-order valence-electron chi connectivity index (χ1n) is 5.87. The van der Waals surface area contributed by atoms with Crippen molar-refractivity contribution in [1.82, 2.24) is 10.6 Å². The van der Waals surface area contributed by atoms with E-state index in [1.54, 1.807) is 0 Å². The van der Waals surface area contributed by atoms with Crippen molar-refractivity contribution in [2.45, 2.75) is 57.9 Å². The third-order valence-corrected chi connectivity index (χ3v) is 3.02. The van der Waals surface area contributed by atoms with Crippen LogP contribution in [-0.4, -0.2) is 17.7 Å². The Morgan fingerprint density at radius 1 is 1.29 bits per heavy atom. The second-order valence-electron chi connectivity index (χ2n) is 4.09. The molecule has 0 aliphatic heterocycles. The summed E-state index contributed by atoms with van der Waals surface area (Å²) >= 11 is 5.22. The Labute approximate surface area is 92.8 Å². The number of hydrogen-bond donors (Lipinski definition) is 2. The Morgan fingerprint density at radius 3 is 2.64 bits per heavy atom. The maximum absolute atomic E-state index is 5.22. The zero-order valence-corrected chi connectivity index (χ0v) is 9.96. The molecule has 2 N–H and O–H groups in total. The van der Waals surface area contributed by atoms with Gasteiger partial charge >= 0.3 is 0 Å². The Morgan fingerprint density at radius 2 is 2.00 bits per heavy atom. The fraction of sp³-hybridized carbons (Fsp3) is 0.909. The molecule has 0 heterocycles. The molecular formula is C11H22N2S. The molecule has 1 fully saturated rings. The molecule has 0 bridgehead atoms. The van der Waals surface area contributed by atoms with E-state index in [0.29, 0.717) is 6.04 Å². The van der Waals surface area contributed by atoms with Crippen LogP contribution < -0.4 is 10.6 Å². The summed E-state index contributed by atoms with van der Waals surface area (Å²) in [4.78, 5) is 0. The van der Waals surface area contributed by atoms with Crippen LogP contribution >= 0.6 is 12.2 Å². The molecule has 1 saturated carbocycles. The third kappa shape index (κ3) is 4.80. The van der Waals surface area contributed by atoms with E-state index in [1.807, 2.05) is 0 Å². The van der Waals surface area contributed by atoms with Gasteiger partial charge in [-0.2, -0.15) is 0 Å². The van der Waals surface area contributed by atoms with Gasteiger partial charge in [-0.25, -0.2) is 0 Å². The van der Waals surface area contributed by atoms with Crippen molar-refractivity contribution in [2.24, 2.45) is 0 Å². The topological polar surface area (TPSA) is 24.1 Å². The maximum atomic E-state index is 5.22. The van der Waals surface area contributed by atoms with Crippen LogP contribution in [0.1, 0.15) is 51.9 Å². The van der Waals surface area contributed by atoms with Crippen molar-refractivity contribution < 1.29 is 0 Å². The molecule has 0 aromatic heterocycles. The summed E-state index contributed by atoms with van der Waals surface area (Å²) in [7, 11) is 0. The van der Waals surface area contributed by atoms with E-state index >= 15 is 0 Å². The van der Waals surface area contributed by atoms with Gasteiger partial charge in [-0.3, -0.25) is 0 Å². The molecule has 0 amide bonds. The predicted molar refractivity (Wildman–Crippen MR) is 65.5 cm³/mol. The fourth-order valence-electron chi connectivity index (χ4n) is 1.88. The average molecular weight is 214 g/mol. The molecule has 1 rings (SSSR count). The minimum absolute atomic E-state index is 0.640. The van der Waals surface area contributed by atoms with Gasteiger partial charge < -0.3 is 10.6 Å². The molecule has 0 spiro atoms. The van der Waals surface area contributed by atoms with Crippen LogP contribution in [0, 0.1) is 0 Å². The van der Waals surface area contributed by atoms with Gasteiger partial charge in [0.1, 0.15) is 0 Å². The second kappa shape index (κ2) is 7.04. The lowest BCUT2D eigenvalue weighted by Crippen LogP contribution is -2.40. The number of thiocarbonyl (C=S) groups is 1. The molecule has 0 aromatic carbocycles. The number of unbranched alkanes of at least 4 members (excludes halogenated alkanes) is 2. The molecule has 0 aromatic rings. The van der Waals surface area contributed by atoms with Gasteiger partial charge in [-0.05, 0) is 31.5 Å². The molecule has 1 aliphatic rings. The first kappa shape index (κ1) is 11.8. The molecule has 1 aliphatic carbocycles. The highest BCUT2D eigenvalue weighted by Crippen LogP contribution is 2.17. The van der Waals surface area contributed by atoms with Crippen LogP contribution in [0.4, 0.5) is 0 Å². The Kier molecular flexibility index (Phi) is 5.92. The number of hydrogen-bond acceptors (Lipinski definition) is 1. The zero-order chi connectivity index (χ0) is 10.2. The Balaban J connectivity index is 1.98. The van der Waals surface area contributed by atoms with Gasteiger partial charge in [-0.1, -0.05) is 32.6 Å². The van der Waals surface area contributed by atoms with E-state index in [1.165, 1.54) is 44.9 Å². The first-order valence-corrected chi connectivity index (χ1v) is 6.28. The van der Waals surface area contributed by atoms with Crippen LogP contribution in [0.5, 0.6) is 0 Å². The normalized spacial score (nSPS) is 16.9. The largest absolute Gasteiger partial charge is 0.363 e. The smallest absolute Gasteiger partial charge is 0.166 e. The van der Waals surface area contributed by atoms with Crippen LogP contribution in [0.25, 0.3) is 0 Å². The van der Waals surface area contributed by atoms with E-state index < -0.39 is 0 Å². The lowest BCUT2D eigenvalue weighted by Gasteiger charge is -2.15. The predicted octanol–water partition coefficient (Wildman–Crippen LogP) is 2.58. The van der Waals surface area contributed by atoms with E-state index in [-0.39, 0.29) is 0 Å². The second-order valence-corrected chi connectivity index (χ2v) is 4.50. The van der Waals surface area contributed by atoms with Crippen LogP contribution in [0.2, 0.25) is 0 Å². The first-order chi connectivity index (χ1) is 6.83. The van der Waals surface area contributed by atoms with Gasteiger partial charge in [0, 0.05) is 12.6 Å².